The minimum atomic E-state index is 0.128. The van der Waals surface area contributed by atoms with Gasteiger partial charge in [0.05, 0.1) is 9.85 Å². The highest BCUT2D eigenvalue weighted by Crippen LogP contribution is 2.36. The molecule has 0 fully saturated rings. The van der Waals surface area contributed by atoms with Crippen LogP contribution >= 0.6 is 22.9 Å². The lowest BCUT2D eigenvalue weighted by Crippen LogP contribution is -2.10. The third kappa shape index (κ3) is 2.31. The molecule has 0 saturated heterocycles. The number of H-pyrrole nitrogens is 1. The first-order chi connectivity index (χ1) is 8.95. The maximum atomic E-state index is 6.05. The van der Waals surface area contributed by atoms with Gasteiger partial charge < -0.3 is 4.98 Å². The summed E-state index contributed by atoms with van der Waals surface area (Å²) < 4.78 is 0.828. The molecule has 1 aromatic carbocycles. The SMILES string of the molecule is CC(C)(C)c1cc2cccc(-c3ccc(Cl)s3)c2[nH]1. The van der Waals surface area contributed by atoms with E-state index in [2.05, 4.69) is 56.1 Å². The van der Waals surface area contributed by atoms with Gasteiger partial charge in [0, 0.05) is 26.9 Å². The number of hydrogen-bond donors (Lipinski definition) is 1. The zero-order valence-corrected chi connectivity index (χ0v) is 12.8. The van der Waals surface area contributed by atoms with Crippen LogP contribution in [0.4, 0.5) is 0 Å². The molecule has 3 heteroatoms. The Morgan fingerprint density at radius 1 is 1.11 bits per heavy atom. The van der Waals surface area contributed by atoms with Gasteiger partial charge in [-0.05, 0) is 18.2 Å². The number of hydrogen-bond acceptors (Lipinski definition) is 1. The average molecular weight is 290 g/mol. The molecule has 1 nitrogen and oxygen atoms in total. The molecule has 0 bridgehead atoms. The summed E-state index contributed by atoms with van der Waals surface area (Å²) in [6.45, 7) is 6.66. The third-order valence-corrected chi connectivity index (χ3v) is 4.57. The van der Waals surface area contributed by atoms with Crippen molar-refractivity contribution in [2.45, 2.75) is 26.2 Å². The van der Waals surface area contributed by atoms with E-state index >= 15 is 0 Å². The number of fused-ring (bicyclic) bond motifs is 1. The van der Waals surface area contributed by atoms with Gasteiger partial charge in [0.1, 0.15) is 0 Å². The standard InChI is InChI=1S/C16H16ClNS/c1-16(2,3)13-9-10-5-4-6-11(15(10)18-13)12-7-8-14(17)19-12/h4-9,18H,1-3H3. The van der Waals surface area contributed by atoms with Gasteiger partial charge in [0.15, 0.2) is 0 Å². The van der Waals surface area contributed by atoms with Crippen LogP contribution in [-0.4, -0.2) is 4.98 Å². The molecule has 0 spiro atoms. The smallest absolute Gasteiger partial charge is 0.0934 e. The number of halogens is 1. The average Bonchev–Trinajstić information content (AvgIpc) is 2.93. The van der Waals surface area contributed by atoms with Crippen molar-refractivity contribution < 1.29 is 0 Å². The minimum absolute atomic E-state index is 0.128. The van der Waals surface area contributed by atoms with Crippen LogP contribution in [0, 0.1) is 0 Å². The lowest BCUT2D eigenvalue weighted by Gasteiger charge is -2.15. The second kappa shape index (κ2) is 4.39. The second-order valence-electron chi connectivity index (χ2n) is 5.81. The third-order valence-electron chi connectivity index (χ3n) is 3.30. The van der Waals surface area contributed by atoms with Crippen molar-refractivity contribution in [2.75, 3.05) is 0 Å². The summed E-state index contributed by atoms with van der Waals surface area (Å²) in [5.41, 5.74) is 3.82. The Kier molecular flexibility index (Phi) is 2.95. The van der Waals surface area contributed by atoms with E-state index < -0.39 is 0 Å². The summed E-state index contributed by atoms with van der Waals surface area (Å²) in [6.07, 6.45) is 0. The first kappa shape index (κ1) is 12.8. The van der Waals surface area contributed by atoms with Gasteiger partial charge in [-0.25, -0.2) is 0 Å². The molecule has 2 aromatic heterocycles. The number of thiophene rings is 1. The molecular formula is C16H16ClNS. The van der Waals surface area contributed by atoms with Gasteiger partial charge in [0.2, 0.25) is 0 Å². The van der Waals surface area contributed by atoms with Crippen molar-refractivity contribution in [3.63, 3.8) is 0 Å². The van der Waals surface area contributed by atoms with E-state index in [0.29, 0.717) is 0 Å². The summed E-state index contributed by atoms with van der Waals surface area (Å²) in [5, 5.41) is 1.26. The van der Waals surface area contributed by atoms with Crippen LogP contribution in [-0.2, 0) is 5.41 Å². The monoisotopic (exact) mass is 289 g/mol. The van der Waals surface area contributed by atoms with Crippen LogP contribution in [0.3, 0.4) is 0 Å². The van der Waals surface area contributed by atoms with Gasteiger partial charge in [-0.3, -0.25) is 0 Å². The first-order valence-corrected chi connectivity index (χ1v) is 7.52. The van der Waals surface area contributed by atoms with Crippen LogP contribution in [0.5, 0.6) is 0 Å². The Balaban J connectivity index is 2.23. The van der Waals surface area contributed by atoms with Gasteiger partial charge in [-0.15, -0.1) is 11.3 Å². The predicted octanol–water partition coefficient (Wildman–Crippen LogP) is 5.85. The van der Waals surface area contributed by atoms with Crippen molar-refractivity contribution in [3.05, 3.63) is 46.4 Å². The lowest BCUT2D eigenvalue weighted by atomic mass is 9.92. The van der Waals surface area contributed by atoms with Crippen LogP contribution in [0.15, 0.2) is 36.4 Å². The lowest BCUT2D eigenvalue weighted by molar-refractivity contribution is 0.574. The van der Waals surface area contributed by atoms with Crippen molar-refractivity contribution in [1.29, 1.82) is 0 Å². The normalized spacial score (nSPS) is 12.2. The molecule has 0 unspecified atom stereocenters. The Labute approximate surface area is 122 Å². The summed E-state index contributed by atoms with van der Waals surface area (Å²) in [5.74, 6) is 0. The van der Waals surface area contributed by atoms with Crippen LogP contribution in [0.25, 0.3) is 21.3 Å². The zero-order valence-electron chi connectivity index (χ0n) is 11.3. The number of aromatic nitrogens is 1. The fourth-order valence-electron chi connectivity index (χ4n) is 2.22. The Bertz CT molecular complexity index is 731. The van der Waals surface area contributed by atoms with Gasteiger partial charge in [-0.1, -0.05) is 50.6 Å². The highest BCUT2D eigenvalue weighted by molar-refractivity contribution is 7.19. The molecule has 0 saturated carbocycles. The molecule has 3 rings (SSSR count). The summed E-state index contributed by atoms with van der Waals surface area (Å²) >= 11 is 7.67. The summed E-state index contributed by atoms with van der Waals surface area (Å²) in [6, 6.07) is 12.7. The molecular weight excluding hydrogens is 274 g/mol. The fourth-order valence-corrected chi connectivity index (χ4v) is 3.30. The van der Waals surface area contributed by atoms with Crippen molar-refractivity contribution in [3.8, 4) is 10.4 Å². The van der Waals surface area contributed by atoms with Gasteiger partial charge in [0.25, 0.3) is 0 Å². The van der Waals surface area contributed by atoms with E-state index in [1.807, 2.05) is 6.07 Å². The maximum absolute atomic E-state index is 6.05. The largest absolute Gasteiger partial charge is 0.357 e. The number of para-hydroxylation sites is 1. The number of benzene rings is 1. The Morgan fingerprint density at radius 3 is 2.53 bits per heavy atom. The Hall–Kier alpha value is -1.25. The maximum Gasteiger partial charge on any atom is 0.0934 e. The van der Waals surface area contributed by atoms with E-state index in [-0.39, 0.29) is 5.41 Å². The Morgan fingerprint density at radius 2 is 1.89 bits per heavy atom. The van der Waals surface area contributed by atoms with Crippen molar-refractivity contribution in [1.82, 2.24) is 4.98 Å². The molecule has 0 aliphatic carbocycles. The predicted molar refractivity (Wildman–Crippen MR) is 85.3 cm³/mol. The van der Waals surface area contributed by atoms with Crippen LogP contribution in [0.2, 0.25) is 4.34 Å². The molecule has 0 radical (unpaired) electrons. The van der Waals surface area contributed by atoms with E-state index in [1.165, 1.54) is 27.0 Å². The first-order valence-electron chi connectivity index (χ1n) is 6.33. The highest BCUT2D eigenvalue weighted by Gasteiger charge is 2.17. The number of nitrogens with one attached hydrogen (secondary N) is 1. The molecule has 0 aliphatic heterocycles. The fraction of sp³-hybridized carbons (Fsp3) is 0.250. The zero-order chi connectivity index (χ0) is 13.6. The minimum Gasteiger partial charge on any atom is -0.357 e. The number of rotatable bonds is 1. The molecule has 0 atom stereocenters. The summed E-state index contributed by atoms with van der Waals surface area (Å²) in [7, 11) is 0. The van der Waals surface area contributed by atoms with E-state index in [0.717, 1.165) is 4.34 Å². The van der Waals surface area contributed by atoms with Gasteiger partial charge in [-0.2, -0.15) is 0 Å². The topological polar surface area (TPSA) is 15.8 Å². The second-order valence-corrected chi connectivity index (χ2v) is 7.52. The number of aromatic amines is 1. The molecule has 2 heterocycles. The summed E-state index contributed by atoms with van der Waals surface area (Å²) in [4.78, 5) is 4.78. The van der Waals surface area contributed by atoms with Crippen molar-refractivity contribution >= 4 is 33.8 Å². The van der Waals surface area contributed by atoms with Crippen LogP contribution < -0.4 is 0 Å². The van der Waals surface area contributed by atoms with Gasteiger partial charge >= 0.3 is 0 Å². The van der Waals surface area contributed by atoms with E-state index in [9.17, 15) is 0 Å². The highest BCUT2D eigenvalue weighted by atomic mass is 35.5. The molecule has 1 N–H and O–H groups in total. The van der Waals surface area contributed by atoms with Crippen molar-refractivity contribution in [2.24, 2.45) is 0 Å². The van der Waals surface area contributed by atoms with E-state index in [4.69, 9.17) is 11.6 Å². The molecule has 98 valence electrons. The molecule has 3 aromatic rings. The van der Waals surface area contributed by atoms with Crippen LogP contribution in [0.1, 0.15) is 26.5 Å². The molecule has 0 amide bonds. The molecule has 19 heavy (non-hydrogen) atoms. The van der Waals surface area contributed by atoms with E-state index in [1.54, 1.807) is 11.3 Å². The quantitative estimate of drug-likeness (QED) is 0.578. The molecule has 0 aliphatic rings.